The van der Waals surface area contributed by atoms with Crippen molar-refractivity contribution in [1.29, 1.82) is 0 Å². The predicted molar refractivity (Wildman–Crippen MR) is 88.6 cm³/mol. The van der Waals surface area contributed by atoms with Gasteiger partial charge in [0.25, 0.3) is 0 Å². The van der Waals surface area contributed by atoms with Crippen molar-refractivity contribution in [3.05, 3.63) is 69.3 Å². The van der Waals surface area contributed by atoms with Crippen LogP contribution < -0.4 is 0 Å². The molecule has 2 aliphatic carbocycles. The van der Waals surface area contributed by atoms with Gasteiger partial charge in [0.1, 0.15) is 12.2 Å². The van der Waals surface area contributed by atoms with Gasteiger partial charge in [-0.15, -0.1) is 0 Å². The normalized spacial score (nSPS) is 26.3. The Labute approximate surface area is 140 Å². The van der Waals surface area contributed by atoms with Crippen molar-refractivity contribution in [1.82, 2.24) is 0 Å². The highest BCUT2D eigenvalue weighted by atomic mass is 16.5. The van der Waals surface area contributed by atoms with Crippen LogP contribution in [0.15, 0.2) is 30.3 Å². The molecule has 2 aromatic carbocycles. The molecule has 1 N–H and O–H groups in total. The van der Waals surface area contributed by atoms with Crippen molar-refractivity contribution >= 4 is 5.97 Å². The van der Waals surface area contributed by atoms with E-state index in [2.05, 4.69) is 12.1 Å². The Morgan fingerprint density at radius 3 is 1.88 bits per heavy atom. The van der Waals surface area contributed by atoms with Crippen molar-refractivity contribution in [2.45, 2.75) is 49.7 Å². The molecular weight excluding hydrogens is 300 g/mol. The van der Waals surface area contributed by atoms with Gasteiger partial charge in [-0.05, 0) is 83.0 Å². The zero-order valence-electron chi connectivity index (χ0n) is 13.3. The van der Waals surface area contributed by atoms with Crippen LogP contribution in [-0.2, 0) is 4.74 Å². The lowest BCUT2D eigenvalue weighted by Gasteiger charge is -2.20. The van der Waals surface area contributed by atoms with Crippen molar-refractivity contribution in [2.75, 3.05) is 0 Å². The van der Waals surface area contributed by atoms with Gasteiger partial charge < -0.3 is 9.84 Å². The van der Waals surface area contributed by atoms with Gasteiger partial charge in [-0.1, -0.05) is 18.2 Å². The molecule has 3 nitrogen and oxygen atoms in total. The summed E-state index contributed by atoms with van der Waals surface area (Å²) in [6.07, 6.45) is 5.19. The molecule has 2 atom stereocenters. The summed E-state index contributed by atoms with van der Waals surface area (Å²) in [6.45, 7) is 0. The van der Waals surface area contributed by atoms with Crippen LogP contribution in [0.25, 0.3) is 0 Å². The van der Waals surface area contributed by atoms with Crippen LogP contribution in [0.2, 0.25) is 0 Å². The van der Waals surface area contributed by atoms with E-state index in [-0.39, 0.29) is 12.2 Å². The van der Waals surface area contributed by atoms with E-state index in [1.54, 1.807) is 23.3 Å². The molecule has 0 radical (unpaired) electrons. The van der Waals surface area contributed by atoms with E-state index in [1.807, 2.05) is 6.07 Å². The van der Waals surface area contributed by atoms with Gasteiger partial charge >= 0.3 is 5.97 Å². The third-order valence-electron chi connectivity index (χ3n) is 6.06. The second-order valence-electron chi connectivity index (χ2n) is 7.70. The number of ether oxygens (including phenoxy) is 1. The lowest BCUT2D eigenvalue weighted by molar-refractivity contribution is 0.0696. The lowest BCUT2D eigenvalue weighted by Crippen LogP contribution is -2.07. The van der Waals surface area contributed by atoms with Gasteiger partial charge in [0.05, 0.1) is 5.56 Å². The van der Waals surface area contributed by atoms with Crippen LogP contribution in [0.1, 0.15) is 93.5 Å². The molecule has 0 unspecified atom stereocenters. The highest BCUT2D eigenvalue weighted by Crippen LogP contribution is 2.58. The molecule has 3 heteroatoms. The zero-order valence-corrected chi connectivity index (χ0v) is 13.3. The van der Waals surface area contributed by atoms with E-state index in [4.69, 9.17) is 4.74 Å². The Bertz CT molecular complexity index is 906. The second kappa shape index (κ2) is 4.28. The molecule has 24 heavy (non-hydrogen) atoms. The molecule has 120 valence electrons. The highest BCUT2D eigenvalue weighted by Gasteiger charge is 2.45. The van der Waals surface area contributed by atoms with Crippen LogP contribution in [0.5, 0.6) is 0 Å². The van der Waals surface area contributed by atoms with Crippen molar-refractivity contribution < 1.29 is 14.6 Å². The maximum absolute atomic E-state index is 11.3. The summed E-state index contributed by atoms with van der Waals surface area (Å²) >= 11 is 0. The second-order valence-corrected chi connectivity index (χ2v) is 7.70. The number of carboxylic acids is 1. The molecular formula is C21H18O3. The molecule has 2 bridgehead atoms. The molecule has 0 amide bonds. The maximum atomic E-state index is 11.3. The first kappa shape index (κ1) is 13.2. The topological polar surface area (TPSA) is 46.5 Å². The number of carbonyl (C=O) groups is 1. The quantitative estimate of drug-likeness (QED) is 0.895. The van der Waals surface area contributed by atoms with Crippen molar-refractivity contribution in [2.24, 2.45) is 0 Å². The summed E-state index contributed by atoms with van der Waals surface area (Å²) in [5.41, 5.74) is 8.26. The fourth-order valence-electron chi connectivity index (χ4n) is 4.56. The number of carboxylic acid groups (broad SMARTS) is 1. The van der Waals surface area contributed by atoms with E-state index in [0.717, 1.165) is 23.0 Å². The molecule has 2 aliphatic heterocycles. The van der Waals surface area contributed by atoms with Gasteiger partial charge in [-0.25, -0.2) is 4.79 Å². The summed E-state index contributed by atoms with van der Waals surface area (Å²) < 4.78 is 6.27. The van der Waals surface area contributed by atoms with Gasteiger partial charge in [0, 0.05) is 0 Å². The summed E-state index contributed by atoms with van der Waals surface area (Å²) in [7, 11) is 0. The molecule has 2 aromatic rings. The Morgan fingerprint density at radius 2 is 1.33 bits per heavy atom. The third-order valence-corrected chi connectivity index (χ3v) is 6.06. The molecule has 0 saturated heterocycles. The summed E-state index contributed by atoms with van der Waals surface area (Å²) in [6, 6.07) is 10.3. The van der Waals surface area contributed by atoms with E-state index in [0.29, 0.717) is 5.56 Å². The lowest BCUT2D eigenvalue weighted by atomic mass is 9.82. The van der Waals surface area contributed by atoms with E-state index < -0.39 is 5.97 Å². The maximum Gasteiger partial charge on any atom is 0.335 e. The Hall–Kier alpha value is -2.13. The molecule has 0 aromatic heterocycles. The van der Waals surface area contributed by atoms with Gasteiger partial charge in [0.2, 0.25) is 0 Å². The third kappa shape index (κ3) is 1.68. The molecule has 0 spiro atoms. The van der Waals surface area contributed by atoms with Gasteiger partial charge in [-0.2, -0.15) is 0 Å². The number of rotatable bonds is 3. The Balaban J connectivity index is 1.51. The predicted octanol–water partition coefficient (Wildman–Crippen LogP) is 4.66. The van der Waals surface area contributed by atoms with Gasteiger partial charge in [0.15, 0.2) is 0 Å². The minimum absolute atomic E-state index is 0.00593. The minimum Gasteiger partial charge on any atom is -0.478 e. The number of benzene rings is 2. The molecule has 2 heterocycles. The van der Waals surface area contributed by atoms with Crippen molar-refractivity contribution in [3.8, 4) is 0 Å². The van der Waals surface area contributed by atoms with Gasteiger partial charge in [-0.3, -0.25) is 0 Å². The number of aromatic carboxylic acids is 1. The monoisotopic (exact) mass is 318 g/mol. The Kier molecular flexibility index (Phi) is 2.35. The largest absolute Gasteiger partial charge is 0.478 e. The fourth-order valence-corrected chi connectivity index (χ4v) is 4.56. The van der Waals surface area contributed by atoms with Crippen LogP contribution in [0.4, 0.5) is 0 Å². The average Bonchev–Trinajstić information content (AvgIpc) is 3.51. The summed E-state index contributed by atoms with van der Waals surface area (Å²) in [5.74, 6) is 0.636. The van der Waals surface area contributed by atoms with E-state index >= 15 is 0 Å². The van der Waals surface area contributed by atoms with Crippen LogP contribution >= 0.6 is 0 Å². The number of hydrogen-bond acceptors (Lipinski definition) is 2. The van der Waals surface area contributed by atoms with E-state index in [1.165, 1.54) is 36.8 Å². The molecule has 6 rings (SSSR count). The molecule has 4 aliphatic rings. The number of hydrogen-bond donors (Lipinski definition) is 1. The van der Waals surface area contributed by atoms with Crippen molar-refractivity contribution in [3.63, 3.8) is 0 Å². The Morgan fingerprint density at radius 1 is 0.792 bits per heavy atom. The summed E-state index contributed by atoms with van der Waals surface area (Å²) in [5, 5.41) is 9.27. The first-order valence-electron chi connectivity index (χ1n) is 8.91. The smallest absolute Gasteiger partial charge is 0.335 e. The summed E-state index contributed by atoms with van der Waals surface area (Å²) in [4.78, 5) is 11.3. The SMILES string of the molecule is O=C(O)c1ccc2c(c1)[C@@H]1O[C@H]2c2cc(C3CC3)c(C3CC3)cc21. The average molecular weight is 318 g/mol. The minimum atomic E-state index is -0.872. The van der Waals surface area contributed by atoms with Crippen LogP contribution in [0, 0.1) is 0 Å². The van der Waals surface area contributed by atoms with Crippen LogP contribution in [0.3, 0.4) is 0 Å². The van der Waals surface area contributed by atoms with Crippen LogP contribution in [-0.4, -0.2) is 11.1 Å². The van der Waals surface area contributed by atoms with E-state index in [9.17, 15) is 9.90 Å². The standard InChI is InChI=1S/C21H18O3/c22-21(23)12-5-6-13-16(7-12)20-18-9-15(11-3-4-11)14(10-1-2-10)8-17(18)19(13)24-20/h5-11,19-20H,1-4H2,(H,22,23)/t19-,20+/m1/s1. The first-order valence-corrected chi connectivity index (χ1v) is 8.91. The number of fused-ring (bicyclic) bond motifs is 8. The zero-order chi connectivity index (χ0) is 16.0. The molecule has 2 saturated carbocycles. The highest BCUT2D eigenvalue weighted by molar-refractivity contribution is 5.88. The molecule has 2 fully saturated rings. The fraction of sp³-hybridized carbons (Fsp3) is 0.381. The first-order chi connectivity index (χ1) is 11.7.